The highest BCUT2D eigenvalue weighted by atomic mass is 32.2. The molecule has 1 aliphatic rings. The third-order valence-corrected chi connectivity index (χ3v) is 5.08. The van der Waals surface area contributed by atoms with Crippen molar-refractivity contribution in [2.45, 2.75) is 17.7 Å². The largest absolute Gasteiger partial charge is 0.324 e. The van der Waals surface area contributed by atoms with Crippen molar-refractivity contribution >= 4 is 21.4 Å². The lowest BCUT2D eigenvalue weighted by atomic mass is 10.3. The SMILES string of the molecule is CN(CC1CC1)S(=O)(=O)c1cc(NN)ccc1[N+](=O)[O-]. The van der Waals surface area contributed by atoms with Crippen molar-refractivity contribution < 1.29 is 13.3 Å². The molecular weight excluding hydrogens is 284 g/mol. The third-order valence-electron chi connectivity index (χ3n) is 3.22. The van der Waals surface area contributed by atoms with Gasteiger partial charge in [-0.3, -0.25) is 16.0 Å². The van der Waals surface area contributed by atoms with Crippen LogP contribution < -0.4 is 11.3 Å². The predicted octanol–water partition coefficient (Wildman–Crippen LogP) is 0.911. The number of hydrogen-bond acceptors (Lipinski definition) is 6. The monoisotopic (exact) mass is 300 g/mol. The lowest BCUT2D eigenvalue weighted by molar-refractivity contribution is -0.387. The Balaban J connectivity index is 2.44. The van der Waals surface area contributed by atoms with Crippen LogP contribution in [0.3, 0.4) is 0 Å². The van der Waals surface area contributed by atoms with Gasteiger partial charge in [-0.25, -0.2) is 12.7 Å². The van der Waals surface area contributed by atoms with Crippen molar-refractivity contribution in [3.8, 4) is 0 Å². The molecule has 20 heavy (non-hydrogen) atoms. The van der Waals surface area contributed by atoms with Gasteiger partial charge in [-0.2, -0.15) is 0 Å². The van der Waals surface area contributed by atoms with Crippen LogP contribution in [0.5, 0.6) is 0 Å². The molecule has 1 aromatic carbocycles. The summed E-state index contributed by atoms with van der Waals surface area (Å²) >= 11 is 0. The Morgan fingerprint density at radius 3 is 2.65 bits per heavy atom. The van der Waals surface area contributed by atoms with E-state index in [0.717, 1.165) is 23.2 Å². The van der Waals surface area contributed by atoms with Crippen molar-refractivity contribution in [1.29, 1.82) is 0 Å². The summed E-state index contributed by atoms with van der Waals surface area (Å²) in [5.41, 5.74) is 2.14. The molecule has 1 aromatic rings. The normalized spacial score (nSPS) is 15.3. The van der Waals surface area contributed by atoms with Crippen molar-refractivity contribution in [3.05, 3.63) is 28.3 Å². The highest BCUT2D eigenvalue weighted by Crippen LogP contribution is 2.33. The molecule has 0 aliphatic heterocycles. The van der Waals surface area contributed by atoms with Crippen LogP contribution in [0.2, 0.25) is 0 Å². The molecule has 0 unspecified atom stereocenters. The second-order valence-corrected chi connectivity index (χ2v) is 6.83. The van der Waals surface area contributed by atoms with E-state index in [2.05, 4.69) is 5.43 Å². The van der Waals surface area contributed by atoms with Crippen molar-refractivity contribution in [2.75, 3.05) is 19.0 Å². The summed E-state index contributed by atoms with van der Waals surface area (Å²) in [6, 6.07) is 3.67. The number of hydrogen-bond donors (Lipinski definition) is 2. The van der Waals surface area contributed by atoms with E-state index in [1.807, 2.05) is 0 Å². The van der Waals surface area contributed by atoms with Gasteiger partial charge in [0.25, 0.3) is 5.69 Å². The average molecular weight is 300 g/mol. The van der Waals surface area contributed by atoms with Gasteiger partial charge in [0, 0.05) is 19.7 Å². The number of sulfonamides is 1. The van der Waals surface area contributed by atoms with E-state index >= 15 is 0 Å². The number of anilines is 1. The second kappa shape index (κ2) is 5.35. The quantitative estimate of drug-likeness (QED) is 0.458. The van der Waals surface area contributed by atoms with Crippen molar-refractivity contribution in [1.82, 2.24) is 4.31 Å². The Morgan fingerprint density at radius 2 is 2.15 bits per heavy atom. The fourth-order valence-corrected chi connectivity index (χ4v) is 3.32. The van der Waals surface area contributed by atoms with Gasteiger partial charge in [-0.05, 0) is 30.9 Å². The molecule has 0 radical (unpaired) electrons. The molecule has 8 nitrogen and oxygen atoms in total. The maximum Gasteiger partial charge on any atom is 0.289 e. The lowest BCUT2D eigenvalue weighted by Crippen LogP contribution is -2.29. The highest BCUT2D eigenvalue weighted by Gasteiger charge is 2.33. The van der Waals surface area contributed by atoms with E-state index in [0.29, 0.717) is 18.2 Å². The summed E-state index contributed by atoms with van der Waals surface area (Å²) in [5.74, 6) is 5.58. The van der Waals surface area contributed by atoms with Crippen LogP contribution in [0.25, 0.3) is 0 Å². The van der Waals surface area contributed by atoms with E-state index in [1.54, 1.807) is 0 Å². The van der Waals surface area contributed by atoms with Gasteiger partial charge in [0.05, 0.1) is 10.6 Å². The first-order valence-corrected chi connectivity index (χ1v) is 7.51. The summed E-state index contributed by atoms with van der Waals surface area (Å²) in [7, 11) is -2.48. The van der Waals surface area contributed by atoms with Gasteiger partial charge in [-0.15, -0.1) is 0 Å². The summed E-state index contributed by atoms with van der Waals surface area (Å²) in [5, 5.41) is 11.0. The third kappa shape index (κ3) is 2.89. The molecule has 0 amide bonds. The predicted molar refractivity (Wildman–Crippen MR) is 73.4 cm³/mol. The molecule has 0 aromatic heterocycles. The van der Waals surface area contributed by atoms with Crippen molar-refractivity contribution in [2.24, 2.45) is 11.8 Å². The Kier molecular flexibility index (Phi) is 3.93. The number of benzene rings is 1. The summed E-state index contributed by atoms with van der Waals surface area (Å²) < 4.78 is 26.0. The van der Waals surface area contributed by atoms with Crippen LogP contribution in [0.1, 0.15) is 12.8 Å². The van der Waals surface area contributed by atoms with Gasteiger partial charge >= 0.3 is 0 Å². The minimum absolute atomic E-state index is 0.300. The standard InChI is InChI=1S/C11H16N4O4S/c1-14(7-8-2-3-8)20(18,19)11-6-9(13-12)4-5-10(11)15(16)17/h4-6,8,13H,2-3,7,12H2,1H3. The van der Waals surface area contributed by atoms with E-state index in [1.165, 1.54) is 19.2 Å². The number of nitrogens with zero attached hydrogens (tertiary/aromatic N) is 2. The molecule has 1 fully saturated rings. The van der Waals surface area contributed by atoms with Crippen molar-refractivity contribution in [3.63, 3.8) is 0 Å². The summed E-state index contributed by atoms with van der Waals surface area (Å²) in [6.07, 6.45) is 1.98. The first-order chi connectivity index (χ1) is 9.36. The second-order valence-electron chi connectivity index (χ2n) is 4.81. The molecule has 0 heterocycles. The maximum atomic E-state index is 12.4. The molecule has 9 heteroatoms. The zero-order chi connectivity index (χ0) is 14.9. The lowest BCUT2D eigenvalue weighted by Gasteiger charge is -2.17. The molecule has 2 rings (SSSR count). The highest BCUT2D eigenvalue weighted by molar-refractivity contribution is 7.89. The first-order valence-electron chi connectivity index (χ1n) is 6.07. The maximum absolute atomic E-state index is 12.4. The van der Waals surface area contributed by atoms with E-state index in [-0.39, 0.29) is 4.90 Å². The molecule has 1 saturated carbocycles. The number of nitro benzene ring substituents is 1. The Morgan fingerprint density at radius 1 is 1.50 bits per heavy atom. The number of hydrazine groups is 1. The van der Waals surface area contributed by atoms with Gasteiger partial charge in [0.15, 0.2) is 4.90 Å². The number of nitrogens with two attached hydrogens (primary N) is 1. The fraction of sp³-hybridized carbons (Fsp3) is 0.455. The number of nitrogen functional groups attached to an aromatic ring is 1. The van der Waals surface area contributed by atoms with Gasteiger partial charge < -0.3 is 5.43 Å². The van der Waals surface area contributed by atoms with Crippen LogP contribution in [0, 0.1) is 16.0 Å². The average Bonchev–Trinajstić information content (AvgIpc) is 3.21. The Labute approximate surface area is 116 Å². The number of rotatable bonds is 6. The minimum atomic E-state index is -3.91. The molecule has 3 N–H and O–H groups in total. The molecule has 0 saturated heterocycles. The molecule has 0 bridgehead atoms. The zero-order valence-corrected chi connectivity index (χ0v) is 11.8. The molecule has 1 aliphatic carbocycles. The van der Waals surface area contributed by atoms with Crippen LogP contribution in [-0.4, -0.2) is 31.2 Å². The Bertz CT molecular complexity index is 627. The summed E-state index contributed by atoms with van der Waals surface area (Å²) in [6.45, 7) is 0.375. The van der Waals surface area contributed by atoms with Gasteiger partial charge in [0.2, 0.25) is 10.0 Å². The van der Waals surface area contributed by atoms with E-state index < -0.39 is 20.6 Å². The molecule has 0 spiro atoms. The van der Waals surface area contributed by atoms with Crippen LogP contribution in [0.4, 0.5) is 11.4 Å². The Hall–Kier alpha value is -1.71. The summed E-state index contributed by atoms with van der Waals surface area (Å²) in [4.78, 5) is 9.94. The van der Waals surface area contributed by atoms with Gasteiger partial charge in [0.1, 0.15) is 0 Å². The molecule has 0 atom stereocenters. The topological polar surface area (TPSA) is 119 Å². The van der Waals surface area contributed by atoms with E-state index in [4.69, 9.17) is 5.84 Å². The smallest absolute Gasteiger partial charge is 0.289 e. The van der Waals surface area contributed by atoms with Gasteiger partial charge in [-0.1, -0.05) is 0 Å². The molecular formula is C11H16N4O4S. The van der Waals surface area contributed by atoms with Crippen LogP contribution in [-0.2, 0) is 10.0 Å². The number of nitrogens with one attached hydrogen (secondary N) is 1. The minimum Gasteiger partial charge on any atom is -0.324 e. The molecule has 110 valence electrons. The van der Waals surface area contributed by atoms with Crippen LogP contribution >= 0.6 is 0 Å². The first kappa shape index (κ1) is 14.7. The van der Waals surface area contributed by atoms with Crippen LogP contribution in [0.15, 0.2) is 23.1 Å². The number of nitro groups is 1. The fourth-order valence-electron chi connectivity index (χ4n) is 1.89. The zero-order valence-electron chi connectivity index (χ0n) is 10.9. The van der Waals surface area contributed by atoms with E-state index in [9.17, 15) is 18.5 Å².